The number of hydrogen-bond acceptors (Lipinski definition) is 10. The average Bonchev–Trinajstić information content (AvgIpc) is 4.01. The summed E-state index contributed by atoms with van der Waals surface area (Å²) in [5.74, 6) is -3.35. The van der Waals surface area contributed by atoms with Gasteiger partial charge in [-0.1, -0.05) is 87.4 Å². The fourth-order valence-corrected chi connectivity index (χ4v) is 9.75. The van der Waals surface area contributed by atoms with Crippen molar-refractivity contribution in [3.05, 3.63) is 148 Å². The molecule has 2 fully saturated rings. The summed E-state index contributed by atoms with van der Waals surface area (Å²) in [5, 5.41) is 12.7. The molecule has 5 unspecified atom stereocenters. The molecule has 0 bridgehead atoms. The van der Waals surface area contributed by atoms with E-state index in [1.807, 2.05) is 42.5 Å². The number of aromatic nitrogens is 6. The number of rotatable bonds is 10. The molecule has 2 saturated heterocycles. The number of halogens is 2. The van der Waals surface area contributed by atoms with Crippen LogP contribution in [0.5, 0.6) is 0 Å². The molecule has 2 aliphatic heterocycles. The molecule has 0 amide bonds. The van der Waals surface area contributed by atoms with Gasteiger partial charge in [-0.2, -0.15) is 15.8 Å². The van der Waals surface area contributed by atoms with Gasteiger partial charge in [0.1, 0.15) is 42.8 Å². The van der Waals surface area contributed by atoms with Gasteiger partial charge < -0.3 is 34.2 Å². The fourth-order valence-electron chi connectivity index (χ4n) is 9.75. The number of nitrogens with one attached hydrogen (secondary N) is 2. The number of phosphoric acid groups is 1. The summed E-state index contributed by atoms with van der Waals surface area (Å²) < 4.78 is 63.4. The topological polar surface area (TPSA) is 202 Å². The molecule has 332 valence electrons. The molecular formula is C43H52F2N8NaO8P. The SMILES string of the molecule is COC1(c2ccccc2)C(C2COC(Cn3cncn3)(c3ccc(F)cc3F)O2)=[C-]C(CC(C)(C)C)=C(C)C1(n1nc[nH]c1=O)C1(N2CCNCC2)C=CC=CC1.O=P(O)(O)O.[Na+]. The Hall–Kier alpha value is -3.75. The molecule has 0 saturated carbocycles. The number of methoxy groups -OCH3 is 1. The van der Waals surface area contributed by atoms with Crippen molar-refractivity contribution in [2.45, 2.75) is 75.7 Å². The first-order chi connectivity index (χ1) is 29.4. The zero-order chi connectivity index (χ0) is 44.6. The van der Waals surface area contributed by atoms with E-state index in [1.165, 1.54) is 35.8 Å². The molecule has 5 atom stereocenters. The van der Waals surface area contributed by atoms with Gasteiger partial charge in [0.2, 0.25) is 5.79 Å². The fraction of sp³-hybridized carbons (Fsp3) is 0.442. The van der Waals surface area contributed by atoms with Crippen molar-refractivity contribution in [2.24, 2.45) is 5.41 Å². The maximum Gasteiger partial charge on any atom is 1.00 e. The van der Waals surface area contributed by atoms with Gasteiger partial charge in [-0.3, -0.25) is 9.88 Å². The third kappa shape index (κ3) is 9.11. The summed E-state index contributed by atoms with van der Waals surface area (Å²) in [7, 11) is -2.99. The van der Waals surface area contributed by atoms with Crippen molar-refractivity contribution in [3.63, 3.8) is 0 Å². The molecule has 2 aliphatic carbocycles. The second-order valence-electron chi connectivity index (χ2n) is 16.9. The summed E-state index contributed by atoms with van der Waals surface area (Å²) in [6, 6.07) is 13.1. The molecular weight excluding hydrogens is 848 g/mol. The van der Waals surface area contributed by atoms with Crippen LogP contribution in [0.15, 0.2) is 113 Å². The second kappa shape index (κ2) is 19.0. The van der Waals surface area contributed by atoms with E-state index in [0.717, 1.165) is 35.9 Å². The van der Waals surface area contributed by atoms with Crippen molar-refractivity contribution in [3.8, 4) is 0 Å². The number of H-pyrrole nitrogens is 1. The number of ether oxygens (including phenoxy) is 3. The van der Waals surface area contributed by atoms with E-state index in [-0.39, 0.29) is 53.7 Å². The van der Waals surface area contributed by atoms with Gasteiger partial charge in [-0.15, -0.1) is 6.92 Å². The van der Waals surface area contributed by atoms with Gasteiger partial charge in [0, 0.05) is 44.9 Å². The molecule has 4 aromatic rings. The summed E-state index contributed by atoms with van der Waals surface area (Å²) >= 11 is 0. The molecule has 4 heterocycles. The minimum absolute atomic E-state index is 0. The molecule has 63 heavy (non-hydrogen) atoms. The molecule has 20 heteroatoms. The van der Waals surface area contributed by atoms with Crippen LogP contribution < -0.4 is 40.6 Å². The van der Waals surface area contributed by atoms with Crippen LogP contribution in [0.4, 0.5) is 8.78 Å². The van der Waals surface area contributed by atoms with Crippen molar-refractivity contribution in [1.82, 2.24) is 39.7 Å². The van der Waals surface area contributed by atoms with E-state index in [1.54, 1.807) is 11.8 Å². The van der Waals surface area contributed by atoms with Gasteiger partial charge >= 0.3 is 43.1 Å². The quantitative estimate of drug-likeness (QED) is 0.0870. The molecule has 4 aliphatic rings. The zero-order valence-corrected chi connectivity index (χ0v) is 39.1. The van der Waals surface area contributed by atoms with Gasteiger partial charge in [-0.25, -0.2) is 44.1 Å². The molecule has 0 radical (unpaired) electrons. The Kier molecular flexibility index (Phi) is 14.7. The Morgan fingerprint density at radius 2 is 1.78 bits per heavy atom. The van der Waals surface area contributed by atoms with Crippen LogP contribution in [0, 0.1) is 23.1 Å². The van der Waals surface area contributed by atoms with Crippen LogP contribution in [-0.2, 0) is 42.2 Å². The number of allylic oxidation sites excluding steroid dienone is 4. The minimum atomic E-state index is -4.64. The number of nitrogens with zero attached hydrogens (tertiary/aromatic N) is 6. The Labute approximate surface area is 386 Å². The van der Waals surface area contributed by atoms with Gasteiger partial charge in [-0.05, 0) is 29.5 Å². The van der Waals surface area contributed by atoms with Crippen molar-refractivity contribution >= 4 is 7.82 Å². The minimum Gasteiger partial charge on any atom is -0.369 e. The smallest absolute Gasteiger partial charge is 0.369 e. The standard InChI is InChI=1S/C43H49F2N8O4.Na.H3O4P/c1-30-31(24-39(2,3)4)22-35(37-25-56-41(57-37,26-52-29-47-27-49-52)34-15-14-33(44)23-36(34)45)42(55-5,32-12-8-6-9-13-32)43(30,53-38(54)48-28-50-53)40(16-10-7-11-17-40)51-20-18-46-19-21-51;;1-5(2,3)4/h6-16,23,27-29,37,46H,17-21,24-26H2,1-5H3,(H,48,50,54);;(H3,1,2,3,4)/q-1;+1;. The molecule has 0 spiro atoms. The largest absolute Gasteiger partial charge is 1.00 e. The van der Waals surface area contributed by atoms with Crippen LogP contribution in [-0.4, -0.2) is 101 Å². The van der Waals surface area contributed by atoms with Crippen molar-refractivity contribution < 1.29 is 71.8 Å². The Balaban J connectivity index is 0.00000104. The van der Waals surface area contributed by atoms with E-state index in [4.69, 9.17) is 38.6 Å². The van der Waals surface area contributed by atoms with Crippen LogP contribution in [0.1, 0.15) is 51.7 Å². The summed E-state index contributed by atoms with van der Waals surface area (Å²) in [6.07, 6.45) is 16.7. The van der Waals surface area contributed by atoms with Crippen molar-refractivity contribution in [2.75, 3.05) is 39.9 Å². The van der Waals surface area contributed by atoms with Crippen molar-refractivity contribution in [1.29, 1.82) is 0 Å². The van der Waals surface area contributed by atoms with E-state index in [2.05, 4.69) is 71.2 Å². The zero-order valence-electron chi connectivity index (χ0n) is 36.2. The maximum absolute atomic E-state index is 16.0. The summed E-state index contributed by atoms with van der Waals surface area (Å²) in [6.45, 7) is 11.2. The molecule has 5 N–H and O–H groups in total. The second-order valence-corrected chi connectivity index (χ2v) is 17.9. The summed E-state index contributed by atoms with van der Waals surface area (Å²) in [5.41, 5.74) is -1.66. The average molecular weight is 901 g/mol. The van der Waals surface area contributed by atoms with Crippen LogP contribution in [0.25, 0.3) is 0 Å². The van der Waals surface area contributed by atoms with Crippen LogP contribution in [0.2, 0.25) is 0 Å². The predicted octanol–water partition coefficient (Wildman–Crippen LogP) is 1.38. The molecule has 16 nitrogen and oxygen atoms in total. The van der Waals surface area contributed by atoms with Crippen LogP contribution >= 0.6 is 7.82 Å². The Bertz CT molecular complexity index is 2460. The molecule has 8 rings (SSSR count). The third-order valence-corrected chi connectivity index (χ3v) is 11.9. The van der Waals surface area contributed by atoms with E-state index < -0.39 is 53.7 Å². The Morgan fingerprint density at radius 3 is 2.35 bits per heavy atom. The number of piperazine rings is 1. The van der Waals surface area contributed by atoms with E-state index >= 15 is 4.39 Å². The Morgan fingerprint density at radius 1 is 1.06 bits per heavy atom. The van der Waals surface area contributed by atoms with Gasteiger partial charge in [0.15, 0.2) is 0 Å². The normalized spacial score (nSPS) is 27.7. The van der Waals surface area contributed by atoms with Gasteiger partial charge in [0.05, 0.1) is 23.8 Å². The number of benzene rings is 2. The maximum atomic E-state index is 16.0. The van der Waals surface area contributed by atoms with Gasteiger partial charge in [0.25, 0.3) is 0 Å². The number of aromatic amines is 1. The first kappa shape index (κ1) is 48.7. The monoisotopic (exact) mass is 900 g/mol. The molecule has 2 aromatic carbocycles. The number of hydrogen-bond donors (Lipinski definition) is 5. The van der Waals surface area contributed by atoms with E-state index in [0.29, 0.717) is 31.5 Å². The third-order valence-electron chi connectivity index (χ3n) is 11.9. The molecule has 2 aromatic heterocycles. The van der Waals surface area contributed by atoms with E-state index in [9.17, 15) is 9.18 Å². The first-order valence-electron chi connectivity index (χ1n) is 20.2. The predicted molar refractivity (Wildman–Crippen MR) is 223 cm³/mol. The van der Waals surface area contributed by atoms with Crippen LogP contribution in [0.3, 0.4) is 0 Å². The summed E-state index contributed by atoms with van der Waals surface area (Å²) in [4.78, 5) is 45.6. The first-order valence-corrected chi connectivity index (χ1v) is 21.7.